The summed E-state index contributed by atoms with van der Waals surface area (Å²) in [5, 5.41) is 17.5. The molecule has 0 spiro atoms. The largest absolute Gasteiger partial charge is 0.463 e. The third-order valence-corrected chi connectivity index (χ3v) is 4.28. The third kappa shape index (κ3) is 4.01. The summed E-state index contributed by atoms with van der Waals surface area (Å²) < 4.78 is 5.25. The van der Waals surface area contributed by atoms with Crippen LogP contribution in [0.15, 0.2) is 46.1 Å². The van der Waals surface area contributed by atoms with E-state index >= 15 is 0 Å². The molecule has 118 valence electrons. The second-order valence-corrected chi connectivity index (χ2v) is 6.24. The van der Waals surface area contributed by atoms with Crippen LogP contribution in [0.4, 0.5) is 16.0 Å². The number of hydrogen-bond acceptors (Lipinski definition) is 7. The van der Waals surface area contributed by atoms with E-state index in [2.05, 4.69) is 26.0 Å². The van der Waals surface area contributed by atoms with Gasteiger partial charge in [0.2, 0.25) is 10.3 Å². The van der Waals surface area contributed by atoms with Gasteiger partial charge in [0.25, 0.3) is 0 Å². The standard InChI is InChI=1S/C14H11Cl2N5OS/c1-8(12-3-2-6-22-12)18-20-14-21-19-13(23-14)17-9-4-5-10(15)11(16)7-9/h2-7H,1H3,(H,17,19)(H,20,21)/b18-8+. The lowest BCUT2D eigenvalue weighted by atomic mass is 10.3. The molecule has 0 saturated heterocycles. The van der Waals surface area contributed by atoms with Crippen LogP contribution in [-0.4, -0.2) is 15.9 Å². The van der Waals surface area contributed by atoms with Gasteiger partial charge >= 0.3 is 0 Å². The lowest BCUT2D eigenvalue weighted by Crippen LogP contribution is -1.97. The van der Waals surface area contributed by atoms with Gasteiger partial charge in [0.1, 0.15) is 11.5 Å². The topological polar surface area (TPSA) is 75.3 Å². The van der Waals surface area contributed by atoms with Crippen molar-refractivity contribution in [3.05, 3.63) is 52.4 Å². The van der Waals surface area contributed by atoms with Gasteiger partial charge in [-0.15, -0.1) is 10.2 Å². The van der Waals surface area contributed by atoms with Gasteiger partial charge in [0, 0.05) is 5.69 Å². The van der Waals surface area contributed by atoms with E-state index in [0.717, 1.165) is 5.69 Å². The number of benzene rings is 1. The number of nitrogens with one attached hydrogen (secondary N) is 2. The molecular formula is C14H11Cl2N5OS. The van der Waals surface area contributed by atoms with Gasteiger partial charge in [-0.1, -0.05) is 34.5 Å². The molecule has 3 rings (SSSR count). The van der Waals surface area contributed by atoms with Crippen molar-refractivity contribution in [1.29, 1.82) is 0 Å². The lowest BCUT2D eigenvalue weighted by molar-refractivity contribution is 0.557. The Morgan fingerprint density at radius 2 is 2.00 bits per heavy atom. The van der Waals surface area contributed by atoms with Crippen LogP contribution >= 0.6 is 34.5 Å². The Morgan fingerprint density at radius 1 is 1.17 bits per heavy atom. The summed E-state index contributed by atoms with van der Waals surface area (Å²) in [7, 11) is 0. The minimum atomic E-state index is 0.471. The molecular weight excluding hydrogens is 357 g/mol. The number of hydrogen-bond donors (Lipinski definition) is 2. The van der Waals surface area contributed by atoms with Crippen molar-refractivity contribution in [3.8, 4) is 0 Å². The monoisotopic (exact) mass is 367 g/mol. The van der Waals surface area contributed by atoms with Gasteiger partial charge in [-0.25, -0.2) is 0 Å². The molecule has 0 bridgehead atoms. The van der Waals surface area contributed by atoms with Gasteiger partial charge < -0.3 is 9.73 Å². The van der Waals surface area contributed by atoms with Crippen LogP contribution in [0.25, 0.3) is 0 Å². The fourth-order valence-electron chi connectivity index (χ4n) is 1.69. The first kappa shape index (κ1) is 15.8. The predicted octanol–water partition coefficient (Wildman–Crippen LogP) is 5.02. The Balaban J connectivity index is 1.66. The molecule has 0 aliphatic carbocycles. The summed E-state index contributed by atoms with van der Waals surface area (Å²) in [5.41, 5.74) is 4.33. The Morgan fingerprint density at radius 3 is 2.74 bits per heavy atom. The molecule has 1 aromatic carbocycles. The van der Waals surface area contributed by atoms with Crippen LogP contribution in [0.5, 0.6) is 0 Å². The van der Waals surface area contributed by atoms with Crippen molar-refractivity contribution >= 4 is 56.2 Å². The summed E-state index contributed by atoms with van der Waals surface area (Å²) >= 11 is 13.2. The maximum atomic E-state index is 5.98. The lowest BCUT2D eigenvalue weighted by Gasteiger charge is -2.02. The molecule has 0 aliphatic heterocycles. The van der Waals surface area contributed by atoms with E-state index in [1.807, 2.05) is 19.1 Å². The first-order chi connectivity index (χ1) is 11.1. The number of anilines is 3. The molecule has 6 nitrogen and oxygen atoms in total. The van der Waals surface area contributed by atoms with Gasteiger partial charge in [0.05, 0.1) is 16.3 Å². The fourth-order valence-corrected chi connectivity index (χ4v) is 2.59. The highest BCUT2D eigenvalue weighted by Gasteiger charge is 2.06. The van der Waals surface area contributed by atoms with Crippen molar-refractivity contribution in [1.82, 2.24) is 10.2 Å². The molecule has 0 radical (unpaired) electrons. The Bertz CT molecular complexity index is 832. The van der Waals surface area contributed by atoms with Crippen molar-refractivity contribution in [3.63, 3.8) is 0 Å². The number of furan rings is 1. The normalized spacial score (nSPS) is 11.5. The van der Waals surface area contributed by atoms with E-state index < -0.39 is 0 Å². The molecule has 2 heterocycles. The molecule has 9 heteroatoms. The molecule has 2 N–H and O–H groups in total. The van der Waals surface area contributed by atoms with E-state index in [4.69, 9.17) is 27.6 Å². The second-order valence-electron chi connectivity index (χ2n) is 4.45. The zero-order valence-electron chi connectivity index (χ0n) is 11.9. The molecule has 0 fully saturated rings. The average molecular weight is 368 g/mol. The zero-order valence-corrected chi connectivity index (χ0v) is 14.2. The van der Waals surface area contributed by atoms with E-state index in [0.29, 0.717) is 31.8 Å². The molecule has 0 aliphatic rings. The summed E-state index contributed by atoms with van der Waals surface area (Å²) in [6, 6.07) is 8.87. The van der Waals surface area contributed by atoms with Crippen molar-refractivity contribution in [2.24, 2.45) is 5.10 Å². The smallest absolute Gasteiger partial charge is 0.227 e. The SMILES string of the molecule is C/C(=N\Nc1nnc(Nc2ccc(Cl)c(Cl)c2)s1)c1ccco1. The number of nitrogens with zero attached hydrogens (tertiary/aromatic N) is 3. The van der Waals surface area contributed by atoms with Crippen LogP contribution in [-0.2, 0) is 0 Å². The summed E-state index contributed by atoms with van der Waals surface area (Å²) in [4.78, 5) is 0. The fraction of sp³-hybridized carbons (Fsp3) is 0.0714. The van der Waals surface area contributed by atoms with Gasteiger partial charge in [-0.05, 0) is 37.3 Å². The van der Waals surface area contributed by atoms with Crippen LogP contribution in [0.2, 0.25) is 10.0 Å². The molecule has 0 amide bonds. The molecule has 3 aromatic rings. The Kier molecular flexibility index (Phi) is 4.80. The van der Waals surface area contributed by atoms with Crippen LogP contribution in [0.1, 0.15) is 12.7 Å². The predicted molar refractivity (Wildman–Crippen MR) is 94.2 cm³/mol. The maximum absolute atomic E-state index is 5.98. The third-order valence-electron chi connectivity index (χ3n) is 2.79. The van der Waals surface area contributed by atoms with E-state index in [9.17, 15) is 0 Å². The summed E-state index contributed by atoms with van der Waals surface area (Å²) in [6.07, 6.45) is 1.60. The highest BCUT2D eigenvalue weighted by Crippen LogP contribution is 2.29. The first-order valence-electron chi connectivity index (χ1n) is 6.51. The summed E-state index contributed by atoms with van der Waals surface area (Å²) in [5.74, 6) is 0.691. The van der Waals surface area contributed by atoms with E-state index in [1.165, 1.54) is 11.3 Å². The van der Waals surface area contributed by atoms with Crippen LogP contribution < -0.4 is 10.7 Å². The Labute approximate surface area is 146 Å². The molecule has 0 saturated carbocycles. The van der Waals surface area contributed by atoms with Crippen LogP contribution in [0, 0.1) is 0 Å². The molecule has 0 atom stereocenters. The van der Waals surface area contributed by atoms with Gasteiger partial charge in [0.15, 0.2) is 0 Å². The summed E-state index contributed by atoms with van der Waals surface area (Å²) in [6.45, 7) is 1.84. The number of aromatic nitrogens is 2. The number of halogens is 2. The molecule has 0 unspecified atom stereocenters. The first-order valence-corrected chi connectivity index (χ1v) is 8.09. The number of hydrazone groups is 1. The Hall–Kier alpha value is -2.09. The maximum Gasteiger partial charge on any atom is 0.227 e. The quantitative estimate of drug-likeness (QED) is 0.489. The minimum absolute atomic E-state index is 0.471. The minimum Gasteiger partial charge on any atom is -0.463 e. The molecule has 23 heavy (non-hydrogen) atoms. The van der Waals surface area contributed by atoms with Gasteiger partial charge in [-0.2, -0.15) is 5.10 Å². The van der Waals surface area contributed by atoms with E-state index in [1.54, 1.807) is 24.5 Å². The second kappa shape index (κ2) is 6.99. The highest BCUT2D eigenvalue weighted by molar-refractivity contribution is 7.19. The van der Waals surface area contributed by atoms with E-state index in [-0.39, 0.29) is 0 Å². The van der Waals surface area contributed by atoms with Gasteiger partial charge in [-0.3, -0.25) is 5.43 Å². The number of rotatable bonds is 5. The highest BCUT2D eigenvalue weighted by atomic mass is 35.5. The van der Waals surface area contributed by atoms with Crippen molar-refractivity contribution in [2.75, 3.05) is 10.7 Å². The average Bonchev–Trinajstić information content (AvgIpc) is 3.20. The molecule has 2 aromatic heterocycles. The van der Waals surface area contributed by atoms with Crippen molar-refractivity contribution < 1.29 is 4.42 Å². The van der Waals surface area contributed by atoms with Crippen LogP contribution in [0.3, 0.4) is 0 Å². The van der Waals surface area contributed by atoms with Crippen molar-refractivity contribution in [2.45, 2.75) is 6.92 Å². The zero-order chi connectivity index (χ0) is 16.2.